The summed E-state index contributed by atoms with van der Waals surface area (Å²) in [7, 11) is 0. The lowest BCUT2D eigenvalue weighted by Gasteiger charge is -2.21. The van der Waals surface area contributed by atoms with Crippen molar-refractivity contribution in [1.82, 2.24) is 10.2 Å². The molecule has 0 fully saturated rings. The average Bonchev–Trinajstić information content (AvgIpc) is 3.03. The number of likely N-dealkylation sites (N-methyl/N-ethyl adjacent to an activating group) is 1. The van der Waals surface area contributed by atoms with Gasteiger partial charge in [0.25, 0.3) is 0 Å². The highest BCUT2D eigenvalue weighted by Crippen LogP contribution is 2.12. The molecule has 4 heteroatoms. The first-order chi connectivity index (χ1) is 21.7. The maximum atomic E-state index is 12.6. The van der Waals surface area contributed by atoms with Gasteiger partial charge in [-0.15, -0.1) is 0 Å². The molecule has 2 amide bonds. The van der Waals surface area contributed by atoms with Gasteiger partial charge in [0.15, 0.2) is 0 Å². The molecule has 0 aromatic heterocycles. The first-order valence-corrected chi connectivity index (χ1v) is 19.5. The molecule has 0 aliphatic rings. The first-order valence-electron chi connectivity index (χ1n) is 19.5. The molecule has 0 saturated carbocycles. The number of rotatable bonds is 34. The third-order valence-corrected chi connectivity index (χ3v) is 8.76. The minimum atomic E-state index is 0.128. The lowest BCUT2D eigenvalue weighted by molar-refractivity contribution is -0.131. The number of amides is 2. The van der Waals surface area contributed by atoms with E-state index >= 15 is 0 Å². The van der Waals surface area contributed by atoms with Crippen molar-refractivity contribution in [3.63, 3.8) is 0 Å². The fourth-order valence-corrected chi connectivity index (χ4v) is 5.74. The lowest BCUT2D eigenvalue weighted by Crippen LogP contribution is -2.38. The van der Waals surface area contributed by atoms with E-state index in [1.165, 1.54) is 141 Å². The molecular formula is C40H76N2O2. The Morgan fingerprint density at radius 2 is 0.841 bits per heavy atom. The second kappa shape index (κ2) is 35.9. The van der Waals surface area contributed by atoms with Gasteiger partial charge in [-0.2, -0.15) is 0 Å². The Morgan fingerprint density at radius 3 is 1.25 bits per heavy atom. The molecule has 0 unspecified atom stereocenters. The number of allylic oxidation sites excluding steroid dienone is 4. The SMILES string of the molecule is CCCCCCCC/C=C\CCCCCCCC(=O)NCCN(CC)C(=O)CCCCCCC/C=C\CCCCCCCC. The van der Waals surface area contributed by atoms with Gasteiger partial charge in [0.1, 0.15) is 0 Å². The van der Waals surface area contributed by atoms with Crippen molar-refractivity contribution < 1.29 is 9.59 Å². The normalized spacial score (nSPS) is 11.6. The molecule has 0 atom stereocenters. The van der Waals surface area contributed by atoms with E-state index in [0.717, 1.165) is 25.7 Å². The second-order valence-electron chi connectivity index (χ2n) is 13.0. The summed E-state index contributed by atoms with van der Waals surface area (Å²) in [6, 6.07) is 0. The predicted molar refractivity (Wildman–Crippen MR) is 194 cm³/mol. The number of carbonyl (C=O) groups is 2. The molecule has 4 nitrogen and oxygen atoms in total. The van der Waals surface area contributed by atoms with E-state index in [2.05, 4.69) is 43.5 Å². The van der Waals surface area contributed by atoms with Crippen LogP contribution >= 0.6 is 0 Å². The van der Waals surface area contributed by atoms with Gasteiger partial charge < -0.3 is 10.2 Å². The van der Waals surface area contributed by atoms with E-state index in [1.807, 2.05) is 11.8 Å². The zero-order valence-corrected chi connectivity index (χ0v) is 30.0. The summed E-state index contributed by atoms with van der Waals surface area (Å²) >= 11 is 0. The van der Waals surface area contributed by atoms with Crippen molar-refractivity contribution in [2.24, 2.45) is 0 Å². The average molecular weight is 617 g/mol. The number of hydrogen-bond acceptors (Lipinski definition) is 2. The molecule has 0 spiro atoms. The Hall–Kier alpha value is -1.58. The molecule has 0 aromatic rings. The van der Waals surface area contributed by atoms with Crippen LogP contribution in [0.3, 0.4) is 0 Å². The van der Waals surface area contributed by atoms with Crippen LogP contribution in [0.4, 0.5) is 0 Å². The molecule has 0 aromatic carbocycles. The van der Waals surface area contributed by atoms with Crippen LogP contribution in [0.5, 0.6) is 0 Å². The van der Waals surface area contributed by atoms with Gasteiger partial charge in [0, 0.05) is 32.5 Å². The lowest BCUT2D eigenvalue weighted by atomic mass is 10.1. The van der Waals surface area contributed by atoms with Crippen LogP contribution in [-0.4, -0.2) is 36.3 Å². The Bertz CT molecular complexity index is 672. The molecule has 0 aliphatic carbocycles. The van der Waals surface area contributed by atoms with Gasteiger partial charge in [-0.1, -0.05) is 141 Å². The van der Waals surface area contributed by atoms with E-state index < -0.39 is 0 Å². The number of nitrogens with zero attached hydrogens (tertiary/aromatic N) is 1. The highest BCUT2D eigenvalue weighted by molar-refractivity contribution is 5.77. The van der Waals surface area contributed by atoms with Crippen molar-refractivity contribution >= 4 is 11.8 Å². The minimum Gasteiger partial charge on any atom is -0.354 e. The van der Waals surface area contributed by atoms with Crippen LogP contribution in [0, 0.1) is 0 Å². The Kier molecular flexibility index (Phi) is 34.6. The second-order valence-corrected chi connectivity index (χ2v) is 13.0. The predicted octanol–water partition coefficient (Wildman–Crippen LogP) is 12.0. The van der Waals surface area contributed by atoms with Crippen molar-refractivity contribution in [1.29, 1.82) is 0 Å². The van der Waals surface area contributed by atoms with Crippen molar-refractivity contribution in [2.45, 2.75) is 201 Å². The van der Waals surface area contributed by atoms with Crippen LogP contribution in [0.1, 0.15) is 201 Å². The number of unbranched alkanes of at least 4 members (excludes halogenated alkanes) is 22. The summed E-state index contributed by atoms with van der Waals surface area (Å²) in [6.45, 7) is 8.48. The molecule has 0 saturated heterocycles. The summed E-state index contributed by atoms with van der Waals surface area (Å²) in [5.74, 6) is 0.361. The number of nitrogens with one attached hydrogen (secondary N) is 1. The molecule has 0 bridgehead atoms. The third-order valence-electron chi connectivity index (χ3n) is 8.76. The van der Waals surface area contributed by atoms with Crippen molar-refractivity contribution in [3.05, 3.63) is 24.3 Å². The van der Waals surface area contributed by atoms with Crippen molar-refractivity contribution in [3.8, 4) is 0 Å². The van der Waals surface area contributed by atoms with Crippen LogP contribution in [0.25, 0.3) is 0 Å². The minimum absolute atomic E-state index is 0.128. The van der Waals surface area contributed by atoms with Crippen LogP contribution in [-0.2, 0) is 9.59 Å². The fraction of sp³-hybridized carbons (Fsp3) is 0.850. The molecule has 0 aliphatic heterocycles. The summed E-state index contributed by atoms with van der Waals surface area (Å²) in [5, 5.41) is 3.03. The van der Waals surface area contributed by atoms with Gasteiger partial charge in [0.2, 0.25) is 11.8 Å². The smallest absolute Gasteiger partial charge is 0.222 e. The molecule has 0 rings (SSSR count). The van der Waals surface area contributed by atoms with Gasteiger partial charge in [0.05, 0.1) is 0 Å². The molecule has 1 N–H and O–H groups in total. The Labute approximate surface area is 275 Å². The molecule has 258 valence electrons. The topological polar surface area (TPSA) is 49.4 Å². The summed E-state index contributed by atoms with van der Waals surface area (Å²) in [4.78, 5) is 26.7. The van der Waals surface area contributed by atoms with E-state index in [0.29, 0.717) is 32.5 Å². The number of carbonyl (C=O) groups excluding carboxylic acids is 2. The number of hydrogen-bond donors (Lipinski definition) is 1. The van der Waals surface area contributed by atoms with E-state index in [-0.39, 0.29) is 11.8 Å². The monoisotopic (exact) mass is 617 g/mol. The molecule has 0 heterocycles. The fourth-order valence-electron chi connectivity index (χ4n) is 5.74. The maximum Gasteiger partial charge on any atom is 0.222 e. The Balaban J connectivity index is 3.58. The quantitative estimate of drug-likeness (QED) is 0.0577. The summed E-state index contributed by atoms with van der Waals surface area (Å²) < 4.78 is 0. The molecular weight excluding hydrogens is 540 g/mol. The van der Waals surface area contributed by atoms with E-state index in [9.17, 15) is 9.59 Å². The van der Waals surface area contributed by atoms with Gasteiger partial charge >= 0.3 is 0 Å². The maximum absolute atomic E-state index is 12.6. The van der Waals surface area contributed by atoms with Crippen LogP contribution in [0.15, 0.2) is 24.3 Å². The largest absolute Gasteiger partial charge is 0.354 e. The van der Waals surface area contributed by atoms with Gasteiger partial charge in [-0.3, -0.25) is 9.59 Å². The van der Waals surface area contributed by atoms with Crippen LogP contribution in [0.2, 0.25) is 0 Å². The highest BCUT2D eigenvalue weighted by Gasteiger charge is 2.11. The van der Waals surface area contributed by atoms with E-state index in [1.54, 1.807) is 0 Å². The van der Waals surface area contributed by atoms with Crippen LogP contribution < -0.4 is 5.32 Å². The first kappa shape index (κ1) is 42.4. The standard InChI is InChI=1S/C40H76N2O2/c1-4-7-9-11-13-15-17-19-21-23-25-27-29-31-33-35-39(43)41-37-38-42(6-3)40(44)36-34-32-30-28-26-24-22-20-18-16-14-12-10-8-5-2/h19-22H,4-18,23-38H2,1-3H3,(H,41,43)/b21-19-,22-20-. The third kappa shape index (κ3) is 31.8. The van der Waals surface area contributed by atoms with Crippen molar-refractivity contribution in [2.75, 3.05) is 19.6 Å². The Morgan fingerprint density at radius 1 is 0.477 bits per heavy atom. The van der Waals surface area contributed by atoms with Gasteiger partial charge in [-0.25, -0.2) is 0 Å². The highest BCUT2D eigenvalue weighted by atomic mass is 16.2. The zero-order valence-electron chi connectivity index (χ0n) is 30.0. The van der Waals surface area contributed by atoms with Gasteiger partial charge in [-0.05, 0) is 71.1 Å². The zero-order chi connectivity index (χ0) is 32.2. The molecule has 0 radical (unpaired) electrons. The summed E-state index contributed by atoms with van der Waals surface area (Å²) in [5.41, 5.74) is 0. The molecule has 44 heavy (non-hydrogen) atoms. The summed E-state index contributed by atoms with van der Waals surface area (Å²) in [6.07, 6.45) is 43.7. The van der Waals surface area contributed by atoms with E-state index in [4.69, 9.17) is 0 Å².